The normalized spacial score (nSPS) is 8.62. The van der Waals surface area contributed by atoms with Crippen molar-refractivity contribution in [3.05, 3.63) is 34.5 Å². The highest BCUT2D eigenvalue weighted by molar-refractivity contribution is 5.39. The molecule has 0 N–H and O–H groups in total. The van der Waals surface area contributed by atoms with E-state index in [4.69, 9.17) is 0 Å². The van der Waals surface area contributed by atoms with Gasteiger partial charge < -0.3 is 0 Å². The Bertz CT molecular complexity index is 274. The molecule has 0 unspecified atom stereocenters. The third-order valence-electron chi connectivity index (χ3n) is 1.52. The number of nitrogens with zero attached hydrogens (tertiary/aromatic N) is 1. The first-order valence-electron chi connectivity index (χ1n) is 4.39. The van der Waals surface area contributed by atoms with Crippen LogP contribution >= 0.6 is 0 Å². The third kappa shape index (κ3) is 3.32. The van der Waals surface area contributed by atoms with Crippen molar-refractivity contribution in [3.8, 4) is 0 Å². The molecule has 0 aliphatic carbocycles. The van der Waals surface area contributed by atoms with Gasteiger partial charge in [-0.25, -0.2) is 4.39 Å². The van der Waals surface area contributed by atoms with Crippen LogP contribution in [0, 0.1) is 10.7 Å². The molecular formula is C10H14FNO. The maximum Gasteiger partial charge on any atom is 0.128 e. The maximum atomic E-state index is 12.8. The summed E-state index contributed by atoms with van der Waals surface area (Å²) in [6, 6.07) is 4.23. The summed E-state index contributed by atoms with van der Waals surface area (Å²) in [5, 5.41) is 2.62. The van der Waals surface area contributed by atoms with Crippen LogP contribution in [0.25, 0.3) is 0 Å². The number of aryl methyl sites for hydroxylation is 1. The van der Waals surface area contributed by atoms with Gasteiger partial charge >= 0.3 is 0 Å². The van der Waals surface area contributed by atoms with Gasteiger partial charge in [-0.05, 0) is 23.2 Å². The molecule has 1 rings (SSSR count). The second-order valence-corrected chi connectivity index (χ2v) is 2.22. The standard InChI is InChI=1S/C8H8FNO.C2H6/c1-2-6-3-4-7(10-11)5-8(6)9;1-2/h3-5H,2H2,1H3;1-2H3. The Balaban J connectivity index is 0.000000671. The third-order valence-corrected chi connectivity index (χ3v) is 1.52. The maximum absolute atomic E-state index is 12.8. The van der Waals surface area contributed by atoms with Gasteiger partial charge in [0.15, 0.2) is 0 Å². The van der Waals surface area contributed by atoms with Crippen LogP contribution in [0.3, 0.4) is 0 Å². The number of hydrogen-bond donors (Lipinski definition) is 0. The molecule has 0 atom stereocenters. The second kappa shape index (κ2) is 6.29. The minimum absolute atomic E-state index is 0.139. The quantitative estimate of drug-likeness (QED) is 0.641. The van der Waals surface area contributed by atoms with Gasteiger partial charge in [0.05, 0.1) is 0 Å². The molecule has 0 fully saturated rings. The number of benzene rings is 1. The van der Waals surface area contributed by atoms with Gasteiger partial charge in [-0.2, -0.15) is 0 Å². The highest BCUT2D eigenvalue weighted by Gasteiger charge is 2.00. The molecule has 72 valence electrons. The minimum Gasteiger partial charge on any atom is -0.207 e. The van der Waals surface area contributed by atoms with E-state index < -0.39 is 0 Å². The van der Waals surface area contributed by atoms with Gasteiger partial charge in [0, 0.05) is 6.07 Å². The summed E-state index contributed by atoms with van der Waals surface area (Å²) in [7, 11) is 0. The molecule has 3 heteroatoms. The Hall–Kier alpha value is -1.25. The molecule has 0 spiro atoms. The van der Waals surface area contributed by atoms with Crippen molar-refractivity contribution in [2.75, 3.05) is 0 Å². The first-order valence-corrected chi connectivity index (χ1v) is 4.39. The molecule has 0 bridgehead atoms. The average molecular weight is 183 g/mol. The van der Waals surface area contributed by atoms with Crippen molar-refractivity contribution < 1.29 is 4.39 Å². The minimum atomic E-state index is -0.357. The fourth-order valence-corrected chi connectivity index (χ4v) is 0.880. The molecule has 2 nitrogen and oxygen atoms in total. The summed E-state index contributed by atoms with van der Waals surface area (Å²) >= 11 is 0. The van der Waals surface area contributed by atoms with Gasteiger partial charge in [0.1, 0.15) is 11.5 Å². The zero-order chi connectivity index (χ0) is 10.3. The van der Waals surface area contributed by atoms with Crippen LogP contribution < -0.4 is 0 Å². The highest BCUT2D eigenvalue weighted by atomic mass is 19.1. The molecule has 0 heterocycles. The second-order valence-electron chi connectivity index (χ2n) is 2.22. The average Bonchev–Trinajstić information content (AvgIpc) is 2.20. The van der Waals surface area contributed by atoms with Crippen LogP contribution in [-0.4, -0.2) is 0 Å². The van der Waals surface area contributed by atoms with Crippen molar-refractivity contribution in [1.29, 1.82) is 0 Å². The Morgan fingerprint density at radius 3 is 2.38 bits per heavy atom. The van der Waals surface area contributed by atoms with Crippen molar-refractivity contribution in [1.82, 2.24) is 0 Å². The Morgan fingerprint density at radius 2 is 2.00 bits per heavy atom. The van der Waals surface area contributed by atoms with Gasteiger partial charge in [-0.1, -0.05) is 26.8 Å². The Kier molecular flexibility index (Phi) is 5.68. The molecule has 0 amide bonds. The molecule has 13 heavy (non-hydrogen) atoms. The zero-order valence-corrected chi connectivity index (χ0v) is 8.17. The molecule has 0 aromatic heterocycles. The number of halogens is 1. The molecule has 1 aromatic carbocycles. The first-order chi connectivity index (χ1) is 6.27. The molecular weight excluding hydrogens is 169 g/mol. The summed E-state index contributed by atoms with van der Waals surface area (Å²) in [6.45, 7) is 5.85. The molecule has 0 saturated heterocycles. The van der Waals surface area contributed by atoms with E-state index in [1.807, 2.05) is 20.8 Å². The predicted octanol–water partition coefficient (Wildman–Crippen LogP) is 3.81. The monoisotopic (exact) mass is 183 g/mol. The van der Waals surface area contributed by atoms with Crippen LogP contribution in [0.5, 0.6) is 0 Å². The molecule has 0 saturated carbocycles. The van der Waals surface area contributed by atoms with E-state index in [1.165, 1.54) is 6.07 Å². The van der Waals surface area contributed by atoms with Gasteiger partial charge in [0.25, 0.3) is 0 Å². The lowest BCUT2D eigenvalue weighted by Crippen LogP contribution is -1.85. The SMILES string of the molecule is CC.CCc1ccc(N=O)cc1F. The number of nitroso groups, excluding NO2 is 1. The van der Waals surface area contributed by atoms with E-state index in [-0.39, 0.29) is 11.5 Å². The van der Waals surface area contributed by atoms with Crippen molar-refractivity contribution in [2.24, 2.45) is 5.18 Å². The van der Waals surface area contributed by atoms with E-state index in [2.05, 4.69) is 5.18 Å². The molecule has 0 radical (unpaired) electrons. The van der Waals surface area contributed by atoms with Crippen LogP contribution in [-0.2, 0) is 6.42 Å². The summed E-state index contributed by atoms with van der Waals surface area (Å²) in [4.78, 5) is 9.94. The van der Waals surface area contributed by atoms with Crippen LogP contribution in [0.1, 0.15) is 26.3 Å². The lowest BCUT2D eigenvalue weighted by molar-refractivity contribution is 0.612. The lowest BCUT2D eigenvalue weighted by Gasteiger charge is -1.97. The van der Waals surface area contributed by atoms with E-state index >= 15 is 0 Å². The van der Waals surface area contributed by atoms with E-state index in [9.17, 15) is 9.30 Å². The largest absolute Gasteiger partial charge is 0.207 e. The number of rotatable bonds is 2. The Morgan fingerprint density at radius 1 is 1.38 bits per heavy atom. The summed E-state index contributed by atoms with van der Waals surface area (Å²) in [6.07, 6.45) is 0.630. The first kappa shape index (κ1) is 11.8. The highest BCUT2D eigenvalue weighted by Crippen LogP contribution is 2.16. The molecule has 0 aliphatic rings. The smallest absolute Gasteiger partial charge is 0.128 e. The fraction of sp³-hybridized carbons (Fsp3) is 0.400. The molecule has 1 aromatic rings. The Labute approximate surface area is 77.8 Å². The molecule has 0 aliphatic heterocycles. The van der Waals surface area contributed by atoms with E-state index in [0.717, 1.165) is 6.07 Å². The van der Waals surface area contributed by atoms with Crippen molar-refractivity contribution >= 4 is 5.69 Å². The summed E-state index contributed by atoms with van der Waals surface area (Å²) < 4.78 is 12.8. The van der Waals surface area contributed by atoms with Gasteiger partial charge in [-0.3, -0.25) is 0 Å². The van der Waals surface area contributed by atoms with Crippen molar-refractivity contribution in [3.63, 3.8) is 0 Å². The van der Waals surface area contributed by atoms with E-state index in [1.54, 1.807) is 6.07 Å². The van der Waals surface area contributed by atoms with E-state index in [0.29, 0.717) is 12.0 Å². The van der Waals surface area contributed by atoms with Gasteiger partial charge in [-0.15, -0.1) is 4.91 Å². The fourth-order valence-electron chi connectivity index (χ4n) is 0.880. The van der Waals surface area contributed by atoms with Gasteiger partial charge in [0.2, 0.25) is 0 Å². The summed E-state index contributed by atoms with van der Waals surface area (Å²) in [5.41, 5.74) is 0.747. The van der Waals surface area contributed by atoms with Crippen LogP contribution in [0.2, 0.25) is 0 Å². The summed E-state index contributed by atoms with van der Waals surface area (Å²) in [5.74, 6) is -0.357. The lowest BCUT2D eigenvalue weighted by atomic mass is 10.1. The van der Waals surface area contributed by atoms with Crippen molar-refractivity contribution in [2.45, 2.75) is 27.2 Å². The zero-order valence-electron chi connectivity index (χ0n) is 8.17. The topological polar surface area (TPSA) is 29.4 Å². The van der Waals surface area contributed by atoms with Crippen LogP contribution in [0.4, 0.5) is 10.1 Å². The predicted molar refractivity (Wildman–Crippen MR) is 52.6 cm³/mol. The number of hydrogen-bond acceptors (Lipinski definition) is 2. The van der Waals surface area contributed by atoms with Crippen LogP contribution in [0.15, 0.2) is 23.4 Å².